The summed E-state index contributed by atoms with van der Waals surface area (Å²) in [4.78, 5) is 26.3. The van der Waals surface area contributed by atoms with Crippen LogP contribution in [0.5, 0.6) is 0 Å². The van der Waals surface area contributed by atoms with Crippen molar-refractivity contribution < 1.29 is 22.8 Å². The predicted molar refractivity (Wildman–Crippen MR) is 107 cm³/mol. The molecule has 0 saturated carbocycles. The first-order chi connectivity index (χ1) is 14.4. The monoisotopic (exact) mass is 418 g/mol. The second-order valence-electron chi connectivity index (χ2n) is 7.64. The van der Waals surface area contributed by atoms with Gasteiger partial charge in [0.1, 0.15) is 5.82 Å². The van der Waals surface area contributed by atoms with Crippen LogP contribution in [0, 0.1) is 23.4 Å². The average Bonchev–Trinajstić information content (AvgIpc) is 2.75. The van der Waals surface area contributed by atoms with E-state index in [0.717, 1.165) is 18.9 Å². The van der Waals surface area contributed by atoms with Crippen molar-refractivity contribution in [2.45, 2.75) is 38.6 Å². The topological polar surface area (TPSA) is 49.4 Å². The van der Waals surface area contributed by atoms with Crippen molar-refractivity contribution in [3.63, 3.8) is 0 Å². The van der Waals surface area contributed by atoms with E-state index in [2.05, 4.69) is 5.32 Å². The molecule has 1 aliphatic heterocycles. The lowest BCUT2D eigenvalue weighted by atomic mass is 9.93. The summed E-state index contributed by atoms with van der Waals surface area (Å²) in [7, 11) is 0. The Labute approximate surface area is 174 Å². The van der Waals surface area contributed by atoms with Gasteiger partial charge in [-0.25, -0.2) is 13.2 Å². The van der Waals surface area contributed by atoms with Gasteiger partial charge in [0.15, 0.2) is 11.6 Å². The molecule has 2 amide bonds. The number of halogens is 3. The first-order valence-corrected chi connectivity index (χ1v) is 10.1. The smallest absolute Gasteiger partial charge is 0.227 e. The van der Waals surface area contributed by atoms with E-state index in [4.69, 9.17) is 0 Å². The largest absolute Gasteiger partial charge is 0.352 e. The van der Waals surface area contributed by atoms with Crippen LogP contribution in [0.25, 0.3) is 0 Å². The Morgan fingerprint density at radius 3 is 2.53 bits per heavy atom. The van der Waals surface area contributed by atoms with Crippen LogP contribution in [0.15, 0.2) is 42.5 Å². The maximum atomic E-state index is 13.8. The standard InChI is InChI=1S/C23H25F3N2O2/c24-19-8-2-1-6-18(19)14-27-21(29)11-10-16-5-4-12-28(15-16)22(30)13-17-7-3-9-20(25)23(17)26/h1-3,6-9,16H,4-5,10-15H2,(H,27,29)/t16-/m0/s1. The Hall–Kier alpha value is -2.83. The molecule has 1 saturated heterocycles. The number of hydrogen-bond acceptors (Lipinski definition) is 2. The zero-order valence-electron chi connectivity index (χ0n) is 16.7. The van der Waals surface area contributed by atoms with E-state index in [1.165, 1.54) is 18.2 Å². The fourth-order valence-electron chi connectivity index (χ4n) is 3.75. The van der Waals surface area contributed by atoms with Crippen LogP contribution in [-0.4, -0.2) is 29.8 Å². The van der Waals surface area contributed by atoms with Gasteiger partial charge in [-0.15, -0.1) is 0 Å². The van der Waals surface area contributed by atoms with Gasteiger partial charge in [0, 0.05) is 37.2 Å². The van der Waals surface area contributed by atoms with E-state index in [1.807, 2.05) is 0 Å². The molecule has 3 rings (SSSR count). The summed E-state index contributed by atoms with van der Waals surface area (Å²) in [6.07, 6.45) is 2.43. The lowest BCUT2D eigenvalue weighted by Crippen LogP contribution is -2.41. The van der Waals surface area contributed by atoms with E-state index >= 15 is 0 Å². The third kappa shape index (κ3) is 5.84. The summed E-state index contributed by atoms with van der Waals surface area (Å²) in [6.45, 7) is 1.21. The molecule has 0 aromatic heterocycles. The van der Waals surface area contributed by atoms with Gasteiger partial charge in [0.05, 0.1) is 6.42 Å². The molecule has 0 spiro atoms. The summed E-state index contributed by atoms with van der Waals surface area (Å²) < 4.78 is 40.8. The molecule has 0 radical (unpaired) electrons. The van der Waals surface area contributed by atoms with Gasteiger partial charge in [-0.3, -0.25) is 9.59 Å². The SMILES string of the molecule is O=C(CC[C@@H]1CCCN(C(=O)Cc2cccc(F)c2F)C1)NCc1ccccc1F. The number of hydrogen-bond donors (Lipinski definition) is 1. The van der Waals surface area contributed by atoms with Crippen molar-refractivity contribution in [1.82, 2.24) is 10.2 Å². The minimum Gasteiger partial charge on any atom is -0.352 e. The Balaban J connectivity index is 1.45. The lowest BCUT2D eigenvalue weighted by molar-refractivity contribution is -0.132. The molecule has 2 aromatic rings. The van der Waals surface area contributed by atoms with Crippen molar-refractivity contribution in [2.24, 2.45) is 5.92 Å². The lowest BCUT2D eigenvalue weighted by Gasteiger charge is -2.33. The van der Waals surface area contributed by atoms with Crippen LogP contribution in [-0.2, 0) is 22.6 Å². The van der Waals surface area contributed by atoms with Crippen molar-refractivity contribution in [3.05, 3.63) is 71.0 Å². The fourth-order valence-corrected chi connectivity index (χ4v) is 3.75. The van der Waals surface area contributed by atoms with Gasteiger partial charge in [0.25, 0.3) is 0 Å². The summed E-state index contributed by atoms with van der Waals surface area (Å²) >= 11 is 0. The first-order valence-electron chi connectivity index (χ1n) is 10.1. The van der Waals surface area contributed by atoms with E-state index < -0.39 is 11.6 Å². The quantitative estimate of drug-likeness (QED) is 0.740. The maximum absolute atomic E-state index is 13.8. The summed E-state index contributed by atoms with van der Waals surface area (Å²) in [5, 5.41) is 2.72. The van der Waals surface area contributed by atoms with E-state index in [1.54, 1.807) is 23.1 Å². The van der Waals surface area contributed by atoms with Crippen LogP contribution < -0.4 is 5.32 Å². The summed E-state index contributed by atoms with van der Waals surface area (Å²) in [5.74, 6) is -2.53. The number of benzene rings is 2. The molecule has 0 bridgehead atoms. The van der Waals surface area contributed by atoms with Crippen LogP contribution in [0.4, 0.5) is 13.2 Å². The highest BCUT2D eigenvalue weighted by Crippen LogP contribution is 2.22. The highest BCUT2D eigenvalue weighted by atomic mass is 19.2. The fraction of sp³-hybridized carbons (Fsp3) is 0.391. The highest BCUT2D eigenvalue weighted by Gasteiger charge is 2.25. The van der Waals surface area contributed by atoms with Gasteiger partial charge >= 0.3 is 0 Å². The van der Waals surface area contributed by atoms with Crippen molar-refractivity contribution in [3.8, 4) is 0 Å². The number of nitrogens with one attached hydrogen (secondary N) is 1. The molecule has 160 valence electrons. The maximum Gasteiger partial charge on any atom is 0.227 e. The molecule has 1 heterocycles. The molecule has 30 heavy (non-hydrogen) atoms. The minimum absolute atomic E-state index is 0.0506. The molecule has 1 atom stereocenters. The minimum atomic E-state index is -0.981. The zero-order valence-corrected chi connectivity index (χ0v) is 16.7. The zero-order chi connectivity index (χ0) is 21.5. The molecular formula is C23H25F3N2O2. The van der Waals surface area contributed by atoms with Gasteiger partial charge in [0.2, 0.25) is 11.8 Å². The van der Waals surface area contributed by atoms with Gasteiger partial charge in [-0.2, -0.15) is 0 Å². The molecule has 0 unspecified atom stereocenters. The number of piperidine rings is 1. The molecule has 0 aliphatic carbocycles. The number of rotatable bonds is 7. The number of nitrogens with zero attached hydrogens (tertiary/aromatic N) is 1. The Bertz CT molecular complexity index is 904. The molecule has 1 aliphatic rings. The molecular weight excluding hydrogens is 393 g/mol. The number of amides is 2. The first kappa shape index (κ1) is 21.9. The number of carbonyl (C=O) groups is 2. The number of likely N-dealkylation sites (tertiary alicyclic amines) is 1. The average molecular weight is 418 g/mol. The second kappa shape index (κ2) is 10.3. The molecule has 1 fully saturated rings. The molecule has 2 aromatic carbocycles. The number of carbonyl (C=O) groups excluding carboxylic acids is 2. The Morgan fingerprint density at radius 1 is 1.00 bits per heavy atom. The van der Waals surface area contributed by atoms with E-state index in [0.29, 0.717) is 31.5 Å². The Morgan fingerprint density at radius 2 is 1.73 bits per heavy atom. The van der Waals surface area contributed by atoms with Gasteiger partial charge in [-0.1, -0.05) is 30.3 Å². The van der Waals surface area contributed by atoms with Crippen LogP contribution in [0.1, 0.15) is 36.8 Å². The molecule has 7 heteroatoms. The third-order valence-electron chi connectivity index (χ3n) is 5.46. The van der Waals surface area contributed by atoms with Crippen molar-refractivity contribution in [1.29, 1.82) is 0 Å². The van der Waals surface area contributed by atoms with E-state index in [9.17, 15) is 22.8 Å². The van der Waals surface area contributed by atoms with Crippen molar-refractivity contribution in [2.75, 3.05) is 13.1 Å². The van der Waals surface area contributed by atoms with Crippen molar-refractivity contribution >= 4 is 11.8 Å². The predicted octanol–water partition coefficient (Wildman–Crippen LogP) is 3.98. The molecule has 4 nitrogen and oxygen atoms in total. The Kier molecular flexibility index (Phi) is 7.49. The van der Waals surface area contributed by atoms with Crippen LogP contribution >= 0.6 is 0 Å². The van der Waals surface area contributed by atoms with Crippen LogP contribution in [0.3, 0.4) is 0 Å². The van der Waals surface area contributed by atoms with Gasteiger partial charge < -0.3 is 10.2 Å². The summed E-state index contributed by atoms with van der Waals surface area (Å²) in [5.41, 5.74) is 0.486. The second-order valence-corrected chi connectivity index (χ2v) is 7.64. The summed E-state index contributed by atoms with van der Waals surface area (Å²) in [6, 6.07) is 10.1. The van der Waals surface area contributed by atoms with Crippen LogP contribution in [0.2, 0.25) is 0 Å². The third-order valence-corrected chi connectivity index (χ3v) is 5.46. The normalized spacial score (nSPS) is 16.4. The van der Waals surface area contributed by atoms with Gasteiger partial charge in [-0.05, 0) is 37.3 Å². The van der Waals surface area contributed by atoms with E-state index in [-0.39, 0.29) is 42.1 Å². The highest BCUT2D eigenvalue weighted by molar-refractivity contribution is 5.79. The molecule has 1 N–H and O–H groups in total.